The highest BCUT2D eigenvalue weighted by atomic mass is 35.5. The maximum atomic E-state index is 13.5. The molecule has 0 saturated heterocycles. The second-order valence-electron chi connectivity index (χ2n) is 8.43. The zero-order valence-electron chi connectivity index (χ0n) is 20.4. The number of benzene rings is 4. The minimum atomic E-state index is -1.29. The van der Waals surface area contributed by atoms with Crippen LogP contribution in [-0.2, 0) is 32.3 Å². The molecule has 0 saturated carbocycles. The van der Waals surface area contributed by atoms with Gasteiger partial charge in [0.1, 0.15) is 0 Å². The highest BCUT2D eigenvalue weighted by Crippen LogP contribution is 2.19. The molecule has 0 aliphatic rings. The van der Waals surface area contributed by atoms with Crippen LogP contribution in [0.3, 0.4) is 0 Å². The van der Waals surface area contributed by atoms with Crippen LogP contribution in [-0.4, -0.2) is 24.0 Å². The van der Waals surface area contributed by atoms with Crippen LogP contribution < -0.4 is 10.6 Å². The third-order valence-corrected chi connectivity index (χ3v) is 6.02. The summed E-state index contributed by atoms with van der Waals surface area (Å²) in [4.78, 5) is 27.0. The molecule has 0 spiro atoms. The second kappa shape index (κ2) is 13.7. The molecule has 4 rings (SSSR count). The number of hydrogen-bond acceptors (Lipinski definition) is 4. The summed E-state index contributed by atoms with van der Waals surface area (Å²) < 4.78 is 12.1. The van der Waals surface area contributed by atoms with E-state index in [1.165, 1.54) is 0 Å². The first-order valence-corrected chi connectivity index (χ1v) is 12.7. The van der Waals surface area contributed by atoms with Crippen LogP contribution in [0.25, 0.3) is 0 Å². The van der Waals surface area contributed by atoms with Crippen molar-refractivity contribution in [1.29, 1.82) is 0 Å². The Labute approximate surface area is 231 Å². The van der Waals surface area contributed by atoms with Crippen LogP contribution in [0.5, 0.6) is 0 Å². The van der Waals surface area contributed by atoms with Gasteiger partial charge in [0, 0.05) is 21.4 Å². The van der Waals surface area contributed by atoms with E-state index in [4.69, 9.17) is 32.7 Å². The normalized spacial score (nSPS) is 12.4. The Morgan fingerprint density at radius 1 is 0.579 bits per heavy atom. The molecule has 0 heterocycles. The van der Waals surface area contributed by atoms with Crippen molar-refractivity contribution in [2.45, 2.75) is 25.4 Å². The van der Waals surface area contributed by atoms with E-state index in [1.54, 1.807) is 91.0 Å². The number of nitrogens with one attached hydrogen (secondary N) is 2. The molecule has 0 aliphatic carbocycles. The Morgan fingerprint density at radius 3 is 1.58 bits per heavy atom. The Morgan fingerprint density at radius 2 is 1.08 bits per heavy atom. The molecule has 0 aliphatic heterocycles. The molecule has 38 heavy (non-hydrogen) atoms. The van der Waals surface area contributed by atoms with Gasteiger partial charge >= 0.3 is 0 Å². The van der Waals surface area contributed by atoms with Gasteiger partial charge < -0.3 is 20.1 Å². The Bertz CT molecular complexity index is 1340. The van der Waals surface area contributed by atoms with Crippen LogP contribution in [0.4, 0.5) is 11.4 Å². The minimum absolute atomic E-state index is 0.0346. The van der Waals surface area contributed by atoms with E-state index in [9.17, 15) is 9.59 Å². The zero-order valence-corrected chi connectivity index (χ0v) is 21.9. The van der Waals surface area contributed by atoms with E-state index in [0.717, 1.165) is 11.1 Å². The van der Waals surface area contributed by atoms with Crippen molar-refractivity contribution in [3.05, 3.63) is 130 Å². The van der Waals surface area contributed by atoms with Gasteiger partial charge in [0.15, 0.2) is 12.2 Å². The summed E-state index contributed by atoms with van der Waals surface area (Å²) >= 11 is 12.1. The molecule has 0 bridgehead atoms. The van der Waals surface area contributed by atoms with E-state index in [0.29, 0.717) is 21.4 Å². The second-order valence-corrected chi connectivity index (χ2v) is 9.30. The highest BCUT2D eigenvalue weighted by Gasteiger charge is 2.36. The molecule has 0 radical (unpaired) electrons. The topological polar surface area (TPSA) is 76.7 Å². The fourth-order valence-electron chi connectivity index (χ4n) is 3.65. The molecule has 6 nitrogen and oxygen atoms in total. The molecule has 2 unspecified atom stereocenters. The monoisotopic (exact) mass is 548 g/mol. The molecule has 8 heteroatoms. The summed E-state index contributed by atoms with van der Waals surface area (Å²) in [5.74, 6) is -1.05. The highest BCUT2D eigenvalue weighted by molar-refractivity contribution is 6.30. The quantitative estimate of drug-likeness (QED) is 0.217. The fraction of sp³-hybridized carbons (Fsp3) is 0.133. The number of ether oxygens (including phenoxy) is 2. The molecule has 4 aromatic carbocycles. The average molecular weight is 549 g/mol. The molecule has 194 valence electrons. The van der Waals surface area contributed by atoms with Gasteiger partial charge in [0.05, 0.1) is 13.2 Å². The molecule has 2 amide bonds. The lowest BCUT2D eigenvalue weighted by Crippen LogP contribution is -2.48. The number of rotatable bonds is 11. The van der Waals surface area contributed by atoms with E-state index < -0.39 is 24.0 Å². The number of carbonyl (C=O) groups excluding carboxylic acids is 2. The lowest BCUT2D eigenvalue weighted by atomic mass is 10.1. The predicted molar refractivity (Wildman–Crippen MR) is 150 cm³/mol. The van der Waals surface area contributed by atoms with Crippen LogP contribution in [0.15, 0.2) is 109 Å². The summed E-state index contributed by atoms with van der Waals surface area (Å²) in [5.41, 5.74) is 2.65. The fourth-order valence-corrected chi connectivity index (χ4v) is 3.99. The van der Waals surface area contributed by atoms with E-state index in [-0.39, 0.29) is 13.2 Å². The number of anilines is 2. The Hall–Kier alpha value is -3.68. The average Bonchev–Trinajstić information content (AvgIpc) is 2.92. The largest absolute Gasteiger partial charge is 0.360 e. The van der Waals surface area contributed by atoms with Gasteiger partial charge in [-0.1, -0.05) is 83.9 Å². The van der Waals surface area contributed by atoms with E-state index in [1.807, 2.05) is 18.2 Å². The van der Waals surface area contributed by atoms with Gasteiger partial charge in [-0.25, -0.2) is 0 Å². The third-order valence-electron chi connectivity index (χ3n) is 5.54. The maximum Gasteiger partial charge on any atom is 0.256 e. The van der Waals surface area contributed by atoms with E-state index in [2.05, 4.69) is 10.6 Å². The first-order chi connectivity index (χ1) is 18.5. The molecule has 4 aromatic rings. The molecular weight excluding hydrogens is 523 g/mol. The van der Waals surface area contributed by atoms with E-state index >= 15 is 0 Å². The van der Waals surface area contributed by atoms with Crippen LogP contribution >= 0.6 is 23.2 Å². The number of amides is 2. The Balaban J connectivity index is 1.61. The van der Waals surface area contributed by atoms with Gasteiger partial charge in [-0.3, -0.25) is 9.59 Å². The number of para-hydroxylation sites is 2. The van der Waals surface area contributed by atoms with Crippen LogP contribution in [0, 0.1) is 0 Å². The van der Waals surface area contributed by atoms with Crippen LogP contribution in [0.2, 0.25) is 10.0 Å². The molecule has 2 atom stereocenters. The molecular formula is C30H26Cl2N2O4. The van der Waals surface area contributed by atoms with Crippen molar-refractivity contribution < 1.29 is 19.1 Å². The molecule has 2 N–H and O–H groups in total. The Kier molecular flexibility index (Phi) is 9.90. The molecule has 0 fully saturated rings. The lowest BCUT2D eigenvalue weighted by molar-refractivity contribution is -0.153. The summed E-state index contributed by atoms with van der Waals surface area (Å²) in [6.45, 7) is 0.0898. The zero-order chi connectivity index (χ0) is 26.7. The number of hydrogen-bond donors (Lipinski definition) is 2. The number of carbonyl (C=O) groups is 2. The van der Waals surface area contributed by atoms with Crippen molar-refractivity contribution in [3.8, 4) is 0 Å². The van der Waals surface area contributed by atoms with Gasteiger partial charge in [-0.05, 0) is 59.7 Å². The standard InChI is InChI=1S/C30H26Cl2N2O4/c31-23-16-14-21(15-17-23)19-37-27(29(35)33-25-10-3-1-4-11-25)28(30(36)34-26-12-5-2-6-13-26)38-20-22-8-7-9-24(32)18-22/h1-18,27-28H,19-20H2,(H,33,35)(H,34,36). The maximum absolute atomic E-state index is 13.5. The predicted octanol–water partition coefficient (Wildman–Crippen LogP) is 6.74. The summed E-state index contributed by atoms with van der Waals surface area (Å²) in [7, 11) is 0. The first kappa shape index (κ1) is 27.4. The van der Waals surface area contributed by atoms with Crippen molar-refractivity contribution in [2.75, 3.05) is 10.6 Å². The van der Waals surface area contributed by atoms with Crippen molar-refractivity contribution in [3.63, 3.8) is 0 Å². The van der Waals surface area contributed by atoms with Gasteiger partial charge in [0.2, 0.25) is 0 Å². The van der Waals surface area contributed by atoms with Gasteiger partial charge in [0.25, 0.3) is 11.8 Å². The SMILES string of the molecule is O=C(Nc1ccccc1)C(OCc1ccc(Cl)cc1)C(OCc1cccc(Cl)c1)C(=O)Nc1ccccc1. The van der Waals surface area contributed by atoms with Crippen molar-refractivity contribution in [2.24, 2.45) is 0 Å². The molecule has 0 aromatic heterocycles. The van der Waals surface area contributed by atoms with Gasteiger partial charge in [-0.15, -0.1) is 0 Å². The third kappa shape index (κ3) is 8.16. The first-order valence-electron chi connectivity index (χ1n) is 11.9. The minimum Gasteiger partial charge on any atom is -0.360 e. The number of halogens is 2. The summed E-state index contributed by atoms with van der Waals surface area (Å²) in [5, 5.41) is 6.77. The van der Waals surface area contributed by atoms with Gasteiger partial charge in [-0.2, -0.15) is 0 Å². The smallest absolute Gasteiger partial charge is 0.256 e. The lowest BCUT2D eigenvalue weighted by Gasteiger charge is -2.26. The summed E-state index contributed by atoms with van der Waals surface area (Å²) in [6.07, 6.45) is -2.57. The van der Waals surface area contributed by atoms with Crippen molar-refractivity contribution in [1.82, 2.24) is 0 Å². The van der Waals surface area contributed by atoms with Crippen molar-refractivity contribution >= 4 is 46.4 Å². The summed E-state index contributed by atoms with van der Waals surface area (Å²) in [6, 6.07) is 32.0. The van der Waals surface area contributed by atoms with Crippen LogP contribution in [0.1, 0.15) is 11.1 Å².